The molecule has 6 nitrogen and oxygen atoms in total. The van der Waals surface area contributed by atoms with E-state index < -0.39 is 12.1 Å². The molecular formula is C12H18N4O2. The van der Waals surface area contributed by atoms with Gasteiger partial charge in [0.2, 0.25) is 5.91 Å². The number of nitrogens with one attached hydrogen (secondary N) is 3. The van der Waals surface area contributed by atoms with Crippen LogP contribution in [0.4, 0.5) is 10.5 Å². The van der Waals surface area contributed by atoms with Crippen LogP contribution in [0.3, 0.4) is 0 Å². The first-order valence-corrected chi connectivity index (χ1v) is 5.74. The number of hydrogen-bond acceptors (Lipinski definition) is 3. The van der Waals surface area contributed by atoms with Crippen LogP contribution in [-0.2, 0) is 4.79 Å². The van der Waals surface area contributed by atoms with Gasteiger partial charge in [-0.2, -0.15) is 0 Å². The number of nitrogens with two attached hydrogens (primary N) is 1. The Kier molecular flexibility index (Phi) is 5.66. The van der Waals surface area contributed by atoms with Crippen LogP contribution in [0.1, 0.15) is 6.92 Å². The number of anilines is 1. The summed E-state index contributed by atoms with van der Waals surface area (Å²) < 4.78 is 0. The first-order chi connectivity index (χ1) is 8.63. The largest absolute Gasteiger partial charge is 0.353 e. The van der Waals surface area contributed by atoms with Gasteiger partial charge in [-0.25, -0.2) is 4.79 Å². The molecule has 0 heterocycles. The molecule has 1 aromatic carbocycles. The normalized spacial score (nSPS) is 11.4. The minimum atomic E-state index is -0.611. The van der Waals surface area contributed by atoms with Crippen molar-refractivity contribution in [3.05, 3.63) is 30.3 Å². The fraction of sp³-hybridized carbons (Fsp3) is 0.333. The maximum atomic E-state index is 11.6. The highest BCUT2D eigenvalue weighted by Crippen LogP contribution is 2.04. The zero-order valence-corrected chi connectivity index (χ0v) is 10.3. The van der Waals surface area contributed by atoms with Gasteiger partial charge in [0, 0.05) is 18.8 Å². The number of urea groups is 1. The van der Waals surface area contributed by atoms with E-state index in [-0.39, 0.29) is 5.91 Å². The summed E-state index contributed by atoms with van der Waals surface area (Å²) in [6.07, 6.45) is 0. The van der Waals surface area contributed by atoms with E-state index in [1.807, 2.05) is 18.2 Å². The van der Waals surface area contributed by atoms with E-state index in [0.29, 0.717) is 18.8 Å². The van der Waals surface area contributed by atoms with Crippen LogP contribution in [0.2, 0.25) is 0 Å². The minimum Gasteiger partial charge on any atom is -0.353 e. The summed E-state index contributed by atoms with van der Waals surface area (Å²) in [5, 5.41) is 7.76. The van der Waals surface area contributed by atoms with Crippen molar-refractivity contribution < 1.29 is 9.59 Å². The van der Waals surface area contributed by atoms with Crippen LogP contribution < -0.4 is 21.7 Å². The Hall–Kier alpha value is -2.08. The van der Waals surface area contributed by atoms with Gasteiger partial charge in [-0.3, -0.25) is 4.79 Å². The van der Waals surface area contributed by atoms with E-state index in [1.165, 1.54) is 0 Å². The monoisotopic (exact) mass is 250 g/mol. The molecule has 0 bridgehead atoms. The summed E-state index contributed by atoms with van der Waals surface area (Å²) in [6, 6.07) is 7.97. The highest BCUT2D eigenvalue weighted by atomic mass is 16.2. The van der Waals surface area contributed by atoms with Crippen LogP contribution in [0, 0.1) is 0 Å². The maximum Gasteiger partial charge on any atom is 0.319 e. The molecule has 0 aliphatic heterocycles. The van der Waals surface area contributed by atoms with E-state index >= 15 is 0 Å². The molecule has 0 spiro atoms. The molecule has 1 rings (SSSR count). The number of benzene rings is 1. The second kappa shape index (κ2) is 7.29. The quantitative estimate of drug-likeness (QED) is 0.604. The second-order valence-electron chi connectivity index (χ2n) is 3.77. The number of rotatable bonds is 5. The molecule has 1 unspecified atom stereocenters. The lowest BCUT2D eigenvalue weighted by Crippen LogP contribution is -2.47. The third-order valence-electron chi connectivity index (χ3n) is 2.22. The summed E-state index contributed by atoms with van der Waals surface area (Å²) in [4.78, 5) is 23.1. The molecule has 0 aliphatic carbocycles. The lowest BCUT2D eigenvalue weighted by atomic mass is 10.3. The molecule has 6 heteroatoms. The van der Waals surface area contributed by atoms with Gasteiger partial charge >= 0.3 is 6.03 Å². The van der Waals surface area contributed by atoms with Crippen LogP contribution in [0.5, 0.6) is 0 Å². The average molecular weight is 250 g/mol. The van der Waals surface area contributed by atoms with Crippen LogP contribution in [0.15, 0.2) is 30.3 Å². The lowest BCUT2D eigenvalue weighted by molar-refractivity contribution is -0.122. The second-order valence-corrected chi connectivity index (χ2v) is 3.77. The van der Waals surface area contributed by atoms with Crippen molar-refractivity contribution in [2.75, 3.05) is 18.4 Å². The molecule has 0 radical (unpaired) electrons. The molecule has 1 aromatic rings. The van der Waals surface area contributed by atoms with Crippen molar-refractivity contribution in [2.24, 2.45) is 5.73 Å². The molecule has 0 aliphatic rings. The van der Waals surface area contributed by atoms with Crippen LogP contribution in [0.25, 0.3) is 0 Å². The topological polar surface area (TPSA) is 96.2 Å². The van der Waals surface area contributed by atoms with E-state index in [4.69, 9.17) is 5.73 Å². The van der Waals surface area contributed by atoms with Gasteiger partial charge in [0.15, 0.2) is 0 Å². The summed E-state index contributed by atoms with van der Waals surface area (Å²) >= 11 is 0. The van der Waals surface area contributed by atoms with Crippen LogP contribution in [-0.4, -0.2) is 31.1 Å². The van der Waals surface area contributed by atoms with Gasteiger partial charge in [-0.1, -0.05) is 18.2 Å². The fourth-order valence-corrected chi connectivity index (χ4v) is 1.30. The van der Waals surface area contributed by atoms with Gasteiger partial charge in [0.1, 0.15) is 6.04 Å². The Morgan fingerprint density at radius 2 is 1.94 bits per heavy atom. The van der Waals surface area contributed by atoms with E-state index in [2.05, 4.69) is 16.0 Å². The third kappa shape index (κ3) is 4.84. The van der Waals surface area contributed by atoms with Gasteiger partial charge in [0.05, 0.1) is 0 Å². The van der Waals surface area contributed by atoms with Gasteiger partial charge in [0.25, 0.3) is 0 Å². The SMILES string of the molecule is CC(NC(=O)Nc1ccccc1)C(=O)NCCN. The molecule has 0 aromatic heterocycles. The van der Waals surface area contributed by atoms with Crippen molar-refractivity contribution >= 4 is 17.6 Å². The highest BCUT2D eigenvalue weighted by Gasteiger charge is 2.14. The molecule has 0 fully saturated rings. The molecule has 3 amide bonds. The third-order valence-corrected chi connectivity index (χ3v) is 2.22. The van der Waals surface area contributed by atoms with E-state index in [9.17, 15) is 9.59 Å². The molecule has 18 heavy (non-hydrogen) atoms. The predicted molar refractivity (Wildman–Crippen MR) is 70.1 cm³/mol. The molecular weight excluding hydrogens is 232 g/mol. The maximum absolute atomic E-state index is 11.6. The Morgan fingerprint density at radius 3 is 2.56 bits per heavy atom. The first kappa shape index (κ1) is 14.0. The Balaban J connectivity index is 2.38. The Morgan fingerprint density at radius 1 is 1.28 bits per heavy atom. The van der Waals surface area contributed by atoms with Crippen molar-refractivity contribution in [1.82, 2.24) is 10.6 Å². The summed E-state index contributed by atoms with van der Waals surface area (Å²) in [5.41, 5.74) is 5.94. The van der Waals surface area contributed by atoms with E-state index in [0.717, 1.165) is 0 Å². The Bertz CT molecular complexity index is 394. The first-order valence-electron chi connectivity index (χ1n) is 5.74. The standard InChI is InChI=1S/C12H18N4O2/c1-9(11(17)14-8-7-13)15-12(18)16-10-5-3-2-4-6-10/h2-6,9H,7-8,13H2,1H3,(H,14,17)(H2,15,16,18). The Labute approximate surface area is 106 Å². The average Bonchev–Trinajstić information content (AvgIpc) is 2.36. The van der Waals surface area contributed by atoms with Crippen molar-refractivity contribution in [3.63, 3.8) is 0 Å². The number of hydrogen-bond donors (Lipinski definition) is 4. The highest BCUT2D eigenvalue weighted by molar-refractivity contribution is 5.93. The van der Waals surface area contributed by atoms with Crippen molar-refractivity contribution in [3.8, 4) is 0 Å². The van der Waals surface area contributed by atoms with Crippen molar-refractivity contribution in [1.29, 1.82) is 0 Å². The molecule has 5 N–H and O–H groups in total. The number of para-hydroxylation sites is 1. The summed E-state index contributed by atoms with van der Waals surface area (Å²) in [7, 11) is 0. The van der Waals surface area contributed by atoms with Gasteiger partial charge < -0.3 is 21.7 Å². The summed E-state index contributed by atoms with van der Waals surface area (Å²) in [5.74, 6) is -0.260. The van der Waals surface area contributed by atoms with Gasteiger partial charge in [-0.15, -0.1) is 0 Å². The van der Waals surface area contributed by atoms with Gasteiger partial charge in [-0.05, 0) is 19.1 Å². The number of carbonyl (C=O) groups is 2. The zero-order chi connectivity index (χ0) is 13.4. The predicted octanol–water partition coefficient (Wildman–Crippen LogP) is 0.272. The number of carbonyl (C=O) groups excluding carboxylic acids is 2. The summed E-state index contributed by atoms with van der Waals surface area (Å²) in [6.45, 7) is 2.37. The van der Waals surface area contributed by atoms with Crippen molar-refractivity contribution in [2.45, 2.75) is 13.0 Å². The lowest BCUT2D eigenvalue weighted by Gasteiger charge is -2.14. The smallest absolute Gasteiger partial charge is 0.319 e. The number of amides is 3. The molecule has 0 saturated heterocycles. The molecule has 1 atom stereocenters. The van der Waals surface area contributed by atoms with Crippen LogP contribution >= 0.6 is 0 Å². The minimum absolute atomic E-state index is 0.260. The van der Waals surface area contributed by atoms with E-state index in [1.54, 1.807) is 19.1 Å². The molecule has 98 valence electrons. The molecule has 0 saturated carbocycles. The fourth-order valence-electron chi connectivity index (χ4n) is 1.30. The zero-order valence-electron chi connectivity index (χ0n) is 10.3.